The number of nitrogens with one attached hydrogen (secondary N) is 1. The molecule has 3 nitrogen and oxygen atoms in total. The van der Waals surface area contributed by atoms with E-state index < -0.39 is 5.54 Å². The Bertz CT molecular complexity index is 447. The highest BCUT2D eigenvalue weighted by Gasteiger charge is 2.40. The molecule has 1 fully saturated rings. The fraction of sp³-hybridized carbons (Fsp3) is 0.417. The quantitative estimate of drug-likeness (QED) is 0.848. The van der Waals surface area contributed by atoms with Crippen LogP contribution in [0.3, 0.4) is 0 Å². The molecule has 0 saturated heterocycles. The van der Waals surface area contributed by atoms with Crippen LogP contribution in [0, 0.1) is 6.92 Å². The SMILES string of the molecule is Cc1cc(Br)c(NC(=O)C2(N)CCC2)c(Br)c1. The molecule has 1 saturated carbocycles. The van der Waals surface area contributed by atoms with Gasteiger partial charge in [-0.25, -0.2) is 0 Å². The predicted octanol–water partition coefficient (Wildman–Crippen LogP) is 3.34. The molecule has 0 radical (unpaired) electrons. The van der Waals surface area contributed by atoms with Crippen molar-refractivity contribution in [2.75, 3.05) is 5.32 Å². The minimum absolute atomic E-state index is 0.103. The number of anilines is 1. The number of halogens is 2. The lowest BCUT2D eigenvalue weighted by molar-refractivity contribution is -0.123. The second-order valence-corrected chi connectivity index (χ2v) is 6.28. The molecular weight excluding hydrogens is 348 g/mol. The average Bonchev–Trinajstić information content (AvgIpc) is 2.19. The number of carbonyl (C=O) groups is 1. The normalized spacial score (nSPS) is 17.4. The van der Waals surface area contributed by atoms with Gasteiger partial charge in [-0.15, -0.1) is 0 Å². The zero-order chi connectivity index (χ0) is 12.6. The number of hydrogen-bond donors (Lipinski definition) is 2. The highest BCUT2D eigenvalue weighted by Crippen LogP contribution is 2.35. The summed E-state index contributed by atoms with van der Waals surface area (Å²) in [5.74, 6) is -0.103. The Hall–Kier alpha value is -0.390. The highest BCUT2D eigenvalue weighted by atomic mass is 79.9. The van der Waals surface area contributed by atoms with E-state index in [2.05, 4.69) is 37.2 Å². The van der Waals surface area contributed by atoms with Gasteiger partial charge in [0.1, 0.15) is 0 Å². The van der Waals surface area contributed by atoms with Crippen LogP contribution in [0.25, 0.3) is 0 Å². The number of amides is 1. The van der Waals surface area contributed by atoms with Gasteiger partial charge in [0.2, 0.25) is 5.91 Å². The lowest BCUT2D eigenvalue weighted by Crippen LogP contribution is -2.56. The summed E-state index contributed by atoms with van der Waals surface area (Å²) < 4.78 is 1.72. The Balaban J connectivity index is 2.21. The van der Waals surface area contributed by atoms with E-state index >= 15 is 0 Å². The van der Waals surface area contributed by atoms with E-state index in [-0.39, 0.29) is 5.91 Å². The third-order valence-electron chi connectivity index (χ3n) is 3.12. The van der Waals surface area contributed by atoms with Crippen LogP contribution in [0.15, 0.2) is 21.1 Å². The van der Waals surface area contributed by atoms with E-state index in [4.69, 9.17) is 5.73 Å². The fourth-order valence-corrected chi connectivity index (χ4v) is 3.46. The van der Waals surface area contributed by atoms with E-state index in [1.54, 1.807) is 0 Å². The van der Waals surface area contributed by atoms with Gasteiger partial charge in [0.15, 0.2) is 0 Å². The molecule has 1 amide bonds. The van der Waals surface area contributed by atoms with Crippen molar-refractivity contribution < 1.29 is 4.79 Å². The first-order valence-electron chi connectivity index (χ1n) is 5.48. The summed E-state index contributed by atoms with van der Waals surface area (Å²) >= 11 is 6.90. The summed E-state index contributed by atoms with van der Waals surface area (Å²) in [6.45, 7) is 2.00. The van der Waals surface area contributed by atoms with Crippen molar-refractivity contribution in [1.82, 2.24) is 0 Å². The van der Waals surface area contributed by atoms with Crippen LogP contribution in [0.4, 0.5) is 5.69 Å². The zero-order valence-electron chi connectivity index (χ0n) is 9.52. The molecule has 5 heteroatoms. The van der Waals surface area contributed by atoms with E-state index in [0.717, 1.165) is 39.5 Å². The zero-order valence-corrected chi connectivity index (χ0v) is 12.7. The van der Waals surface area contributed by atoms with Gasteiger partial charge in [-0.2, -0.15) is 0 Å². The van der Waals surface area contributed by atoms with Gasteiger partial charge in [-0.1, -0.05) is 0 Å². The van der Waals surface area contributed by atoms with Gasteiger partial charge in [0.05, 0.1) is 11.2 Å². The summed E-state index contributed by atoms with van der Waals surface area (Å²) in [4.78, 5) is 12.0. The first-order chi connectivity index (χ1) is 7.92. The molecule has 1 aliphatic rings. The van der Waals surface area contributed by atoms with Crippen molar-refractivity contribution in [3.8, 4) is 0 Å². The molecule has 0 unspecified atom stereocenters. The molecule has 3 N–H and O–H groups in total. The number of rotatable bonds is 2. The van der Waals surface area contributed by atoms with Crippen molar-refractivity contribution in [3.63, 3.8) is 0 Å². The van der Waals surface area contributed by atoms with Gasteiger partial charge < -0.3 is 11.1 Å². The second kappa shape index (κ2) is 4.71. The average molecular weight is 362 g/mol. The van der Waals surface area contributed by atoms with Gasteiger partial charge in [-0.3, -0.25) is 4.79 Å². The summed E-state index contributed by atoms with van der Waals surface area (Å²) in [6.07, 6.45) is 2.56. The molecule has 92 valence electrons. The molecule has 0 aliphatic heterocycles. The predicted molar refractivity (Wildman–Crippen MR) is 76.0 cm³/mol. The van der Waals surface area contributed by atoms with Crippen LogP contribution in [0.2, 0.25) is 0 Å². The number of benzene rings is 1. The molecule has 1 aliphatic carbocycles. The molecule has 0 heterocycles. The number of carbonyl (C=O) groups excluding carboxylic acids is 1. The molecule has 1 aromatic rings. The monoisotopic (exact) mass is 360 g/mol. The standard InChI is InChI=1S/C12H14Br2N2O/c1-7-5-8(13)10(9(14)6-7)16-11(17)12(15)3-2-4-12/h5-6H,2-4,15H2,1H3,(H,16,17). The van der Waals surface area contributed by atoms with Crippen molar-refractivity contribution in [1.29, 1.82) is 0 Å². The minimum atomic E-state index is -0.677. The lowest BCUT2D eigenvalue weighted by Gasteiger charge is -2.36. The van der Waals surface area contributed by atoms with Crippen LogP contribution in [0.5, 0.6) is 0 Å². The van der Waals surface area contributed by atoms with Gasteiger partial charge in [0, 0.05) is 8.95 Å². The highest BCUT2D eigenvalue weighted by molar-refractivity contribution is 9.11. The Morgan fingerprint density at radius 1 is 1.35 bits per heavy atom. The molecule has 1 aromatic carbocycles. The van der Waals surface area contributed by atoms with Crippen LogP contribution in [-0.2, 0) is 4.79 Å². The first kappa shape index (κ1) is 13.1. The molecule has 0 spiro atoms. The van der Waals surface area contributed by atoms with Crippen molar-refractivity contribution in [2.45, 2.75) is 31.7 Å². The molecule has 17 heavy (non-hydrogen) atoms. The Morgan fingerprint density at radius 3 is 2.29 bits per heavy atom. The first-order valence-corrected chi connectivity index (χ1v) is 7.07. The van der Waals surface area contributed by atoms with Gasteiger partial charge >= 0.3 is 0 Å². The molecule has 2 rings (SSSR count). The topological polar surface area (TPSA) is 55.1 Å². The van der Waals surface area contributed by atoms with Crippen LogP contribution in [0.1, 0.15) is 24.8 Å². The summed E-state index contributed by atoms with van der Waals surface area (Å²) in [7, 11) is 0. The molecule has 0 aromatic heterocycles. The van der Waals surface area contributed by atoms with Crippen molar-refractivity contribution >= 4 is 43.5 Å². The maximum Gasteiger partial charge on any atom is 0.244 e. The molecular formula is C12H14Br2N2O. The van der Waals surface area contributed by atoms with E-state index in [9.17, 15) is 4.79 Å². The fourth-order valence-electron chi connectivity index (χ4n) is 1.84. The summed E-state index contributed by atoms with van der Waals surface area (Å²) in [5.41, 5.74) is 7.17. The Morgan fingerprint density at radius 2 is 1.88 bits per heavy atom. The van der Waals surface area contributed by atoms with Crippen LogP contribution >= 0.6 is 31.9 Å². The lowest BCUT2D eigenvalue weighted by atomic mass is 9.77. The van der Waals surface area contributed by atoms with E-state index in [1.165, 1.54) is 0 Å². The number of hydrogen-bond acceptors (Lipinski definition) is 2. The number of nitrogens with two attached hydrogens (primary N) is 1. The molecule has 0 bridgehead atoms. The van der Waals surface area contributed by atoms with Crippen LogP contribution < -0.4 is 11.1 Å². The summed E-state index contributed by atoms with van der Waals surface area (Å²) in [5, 5.41) is 2.89. The summed E-state index contributed by atoms with van der Waals surface area (Å²) in [6, 6.07) is 3.93. The Labute approximate surface area is 117 Å². The third kappa shape index (κ3) is 2.56. The second-order valence-electron chi connectivity index (χ2n) is 4.57. The van der Waals surface area contributed by atoms with E-state index in [0.29, 0.717) is 0 Å². The van der Waals surface area contributed by atoms with Gasteiger partial charge in [-0.05, 0) is 75.7 Å². The largest absolute Gasteiger partial charge is 0.323 e. The third-order valence-corrected chi connectivity index (χ3v) is 4.37. The Kier molecular flexibility index (Phi) is 3.61. The van der Waals surface area contributed by atoms with Crippen molar-refractivity contribution in [2.24, 2.45) is 5.73 Å². The smallest absolute Gasteiger partial charge is 0.244 e. The van der Waals surface area contributed by atoms with Crippen LogP contribution in [-0.4, -0.2) is 11.4 Å². The molecule has 0 atom stereocenters. The number of aryl methyl sites for hydroxylation is 1. The maximum atomic E-state index is 12.0. The van der Waals surface area contributed by atoms with E-state index in [1.807, 2.05) is 19.1 Å². The van der Waals surface area contributed by atoms with Crippen molar-refractivity contribution in [3.05, 3.63) is 26.6 Å². The van der Waals surface area contributed by atoms with Gasteiger partial charge in [0.25, 0.3) is 0 Å². The maximum absolute atomic E-state index is 12.0. The minimum Gasteiger partial charge on any atom is -0.323 e.